The number of hydrogen-bond donors (Lipinski definition) is 3. The number of halogens is 2. The van der Waals surface area contributed by atoms with Crippen LogP contribution >= 0.6 is 11.6 Å². The van der Waals surface area contributed by atoms with Crippen molar-refractivity contribution in [3.63, 3.8) is 0 Å². The van der Waals surface area contributed by atoms with Crippen LogP contribution < -0.4 is 10.5 Å². The molecule has 4 N–H and O–H groups in total. The summed E-state index contributed by atoms with van der Waals surface area (Å²) >= 11 is 5.75. The van der Waals surface area contributed by atoms with Crippen LogP contribution in [-0.4, -0.2) is 30.0 Å². The molecule has 0 aromatic heterocycles. The first kappa shape index (κ1) is 13.2. The molecule has 0 aliphatic rings. The predicted molar refractivity (Wildman–Crippen MR) is 58.0 cm³/mol. The Hall–Kier alpha value is -0.880. The molecule has 4 nitrogen and oxygen atoms in total. The van der Waals surface area contributed by atoms with Crippen LogP contribution in [0.4, 0.5) is 4.39 Å². The van der Waals surface area contributed by atoms with Gasteiger partial charge in [-0.1, -0.05) is 11.6 Å². The van der Waals surface area contributed by atoms with Gasteiger partial charge < -0.3 is 20.7 Å². The fourth-order valence-corrected chi connectivity index (χ4v) is 1.56. The van der Waals surface area contributed by atoms with E-state index in [9.17, 15) is 14.6 Å². The Bertz CT molecular complexity index is 375. The van der Waals surface area contributed by atoms with Crippen LogP contribution in [0.15, 0.2) is 12.1 Å². The van der Waals surface area contributed by atoms with Gasteiger partial charge in [0.05, 0.1) is 13.2 Å². The number of rotatable bonds is 4. The molecule has 0 aliphatic heterocycles. The maximum absolute atomic E-state index is 13.8. The topological polar surface area (TPSA) is 75.7 Å². The van der Waals surface area contributed by atoms with Crippen molar-refractivity contribution >= 4 is 11.6 Å². The van der Waals surface area contributed by atoms with Crippen molar-refractivity contribution in [1.29, 1.82) is 0 Å². The van der Waals surface area contributed by atoms with Gasteiger partial charge in [0.1, 0.15) is 6.10 Å². The summed E-state index contributed by atoms with van der Waals surface area (Å²) < 4.78 is 18.5. The quantitative estimate of drug-likeness (QED) is 0.739. The van der Waals surface area contributed by atoms with Gasteiger partial charge in [-0.3, -0.25) is 0 Å². The highest BCUT2D eigenvalue weighted by molar-refractivity contribution is 6.31. The van der Waals surface area contributed by atoms with E-state index in [2.05, 4.69) is 0 Å². The van der Waals surface area contributed by atoms with Crippen LogP contribution in [0.5, 0.6) is 5.75 Å². The minimum absolute atomic E-state index is 0.0123. The molecule has 16 heavy (non-hydrogen) atoms. The second-order valence-electron chi connectivity index (χ2n) is 3.23. The number of nitrogens with two attached hydrogens (primary N) is 1. The average molecular weight is 250 g/mol. The lowest BCUT2D eigenvalue weighted by atomic mass is 10.0. The highest BCUT2D eigenvalue weighted by Gasteiger charge is 2.25. The second-order valence-corrected chi connectivity index (χ2v) is 3.63. The van der Waals surface area contributed by atoms with Crippen molar-refractivity contribution in [3.8, 4) is 5.75 Å². The van der Waals surface area contributed by atoms with E-state index in [1.807, 2.05) is 0 Å². The molecule has 1 aromatic rings. The molecular formula is C10H13ClFNO3. The van der Waals surface area contributed by atoms with Gasteiger partial charge >= 0.3 is 0 Å². The molecule has 2 unspecified atom stereocenters. The first-order valence-corrected chi connectivity index (χ1v) is 4.98. The van der Waals surface area contributed by atoms with Crippen LogP contribution in [0.2, 0.25) is 5.02 Å². The molecule has 0 bridgehead atoms. The maximum Gasteiger partial charge on any atom is 0.172 e. The van der Waals surface area contributed by atoms with Crippen LogP contribution in [-0.2, 0) is 0 Å². The molecule has 0 aliphatic carbocycles. The molecule has 0 radical (unpaired) electrons. The Balaban J connectivity index is 3.20. The van der Waals surface area contributed by atoms with Crippen molar-refractivity contribution in [1.82, 2.24) is 0 Å². The van der Waals surface area contributed by atoms with Gasteiger partial charge in [0.15, 0.2) is 11.6 Å². The summed E-state index contributed by atoms with van der Waals surface area (Å²) in [5.41, 5.74) is 4.96. The van der Waals surface area contributed by atoms with E-state index < -0.39 is 18.0 Å². The Kier molecular flexibility index (Phi) is 4.49. The zero-order chi connectivity index (χ0) is 12.3. The fraction of sp³-hybridized carbons (Fsp3) is 0.400. The molecule has 0 amide bonds. The Morgan fingerprint density at radius 1 is 1.50 bits per heavy atom. The van der Waals surface area contributed by atoms with Gasteiger partial charge in [0.25, 0.3) is 0 Å². The van der Waals surface area contributed by atoms with Gasteiger partial charge in [-0.2, -0.15) is 0 Å². The SMILES string of the molecule is COc1ccc(Cl)c(C(O)C(O)CN)c1F. The molecule has 2 atom stereocenters. The molecular weight excluding hydrogens is 237 g/mol. The largest absolute Gasteiger partial charge is 0.494 e. The van der Waals surface area contributed by atoms with E-state index in [0.29, 0.717) is 0 Å². The van der Waals surface area contributed by atoms with E-state index in [1.165, 1.54) is 19.2 Å². The van der Waals surface area contributed by atoms with E-state index >= 15 is 0 Å². The summed E-state index contributed by atoms with van der Waals surface area (Å²) in [4.78, 5) is 0. The third-order valence-electron chi connectivity index (χ3n) is 2.21. The monoisotopic (exact) mass is 249 g/mol. The number of aliphatic hydroxyl groups is 2. The van der Waals surface area contributed by atoms with Crippen LogP contribution in [0.3, 0.4) is 0 Å². The van der Waals surface area contributed by atoms with E-state index in [4.69, 9.17) is 22.1 Å². The summed E-state index contributed by atoms with van der Waals surface area (Å²) in [5, 5.41) is 19.0. The number of aliphatic hydroxyl groups excluding tert-OH is 2. The predicted octanol–water partition coefficient (Wildman–Crippen LogP) is 0.841. The lowest BCUT2D eigenvalue weighted by molar-refractivity contribution is 0.0220. The van der Waals surface area contributed by atoms with Gasteiger partial charge in [0, 0.05) is 17.1 Å². The Morgan fingerprint density at radius 3 is 2.62 bits per heavy atom. The fourth-order valence-electron chi connectivity index (χ4n) is 1.30. The molecule has 0 heterocycles. The third kappa shape index (κ3) is 2.44. The van der Waals surface area contributed by atoms with Crippen molar-refractivity contribution in [2.75, 3.05) is 13.7 Å². The summed E-state index contributed by atoms with van der Waals surface area (Å²) in [6.45, 7) is -0.200. The summed E-state index contributed by atoms with van der Waals surface area (Å²) in [5.74, 6) is -0.849. The lowest BCUT2D eigenvalue weighted by Crippen LogP contribution is -2.28. The highest BCUT2D eigenvalue weighted by atomic mass is 35.5. The molecule has 1 rings (SSSR count). The number of methoxy groups -OCH3 is 1. The molecule has 0 spiro atoms. The summed E-state index contributed by atoms with van der Waals surface area (Å²) in [7, 11) is 1.29. The van der Waals surface area contributed by atoms with Gasteiger partial charge in [0.2, 0.25) is 0 Å². The van der Waals surface area contributed by atoms with Crippen LogP contribution in [0.1, 0.15) is 11.7 Å². The number of hydrogen-bond acceptors (Lipinski definition) is 4. The van der Waals surface area contributed by atoms with Gasteiger partial charge in [-0.25, -0.2) is 4.39 Å². The average Bonchev–Trinajstić information content (AvgIpc) is 2.28. The minimum atomic E-state index is -1.48. The van der Waals surface area contributed by atoms with Crippen molar-refractivity contribution < 1.29 is 19.3 Å². The minimum Gasteiger partial charge on any atom is -0.494 e. The molecule has 0 saturated heterocycles. The smallest absolute Gasteiger partial charge is 0.172 e. The van der Waals surface area contributed by atoms with E-state index in [-0.39, 0.29) is 22.9 Å². The number of ether oxygens (including phenoxy) is 1. The van der Waals surface area contributed by atoms with Crippen LogP contribution in [0, 0.1) is 5.82 Å². The van der Waals surface area contributed by atoms with Crippen molar-refractivity contribution in [2.24, 2.45) is 5.73 Å². The zero-order valence-electron chi connectivity index (χ0n) is 8.65. The van der Waals surface area contributed by atoms with E-state index in [1.54, 1.807) is 0 Å². The molecule has 6 heteroatoms. The van der Waals surface area contributed by atoms with Crippen molar-refractivity contribution in [3.05, 3.63) is 28.5 Å². The summed E-state index contributed by atoms with van der Waals surface area (Å²) in [6, 6.07) is 2.72. The first-order chi connectivity index (χ1) is 7.52. The highest BCUT2D eigenvalue weighted by Crippen LogP contribution is 2.32. The Labute approximate surface area is 97.4 Å². The van der Waals surface area contributed by atoms with Crippen LogP contribution in [0.25, 0.3) is 0 Å². The zero-order valence-corrected chi connectivity index (χ0v) is 9.41. The van der Waals surface area contributed by atoms with Gasteiger partial charge in [-0.15, -0.1) is 0 Å². The first-order valence-electron chi connectivity index (χ1n) is 4.61. The standard InChI is InChI=1S/C10H13ClFNO3/c1-16-7-3-2-5(11)8(9(7)12)10(15)6(14)4-13/h2-3,6,10,14-15H,4,13H2,1H3. The van der Waals surface area contributed by atoms with E-state index in [0.717, 1.165) is 0 Å². The molecule has 1 aromatic carbocycles. The Morgan fingerprint density at radius 2 is 2.12 bits per heavy atom. The lowest BCUT2D eigenvalue weighted by Gasteiger charge is -2.19. The second kappa shape index (κ2) is 5.45. The molecule has 90 valence electrons. The number of benzene rings is 1. The maximum atomic E-state index is 13.8. The van der Waals surface area contributed by atoms with Gasteiger partial charge in [-0.05, 0) is 12.1 Å². The molecule has 0 fully saturated rings. The summed E-state index contributed by atoms with van der Waals surface area (Å²) in [6.07, 6.45) is -2.76. The molecule has 0 saturated carbocycles. The van der Waals surface area contributed by atoms with Crippen molar-refractivity contribution in [2.45, 2.75) is 12.2 Å². The normalized spacial score (nSPS) is 14.6. The third-order valence-corrected chi connectivity index (χ3v) is 2.54.